The summed E-state index contributed by atoms with van der Waals surface area (Å²) in [4.78, 5) is 32.2. The van der Waals surface area contributed by atoms with E-state index in [-0.39, 0.29) is 6.61 Å². The Morgan fingerprint density at radius 1 is 1.32 bits per heavy atom. The summed E-state index contributed by atoms with van der Waals surface area (Å²) in [5, 5.41) is 5.00. The number of carbonyl (C=O) groups excluding carboxylic acids is 2. The summed E-state index contributed by atoms with van der Waals surface area (Å²) >= 11 is 1.43. The minimum absolute atomic E-state index is 0.0303. The van der Waals surface area contributed by atoms with Gasteiger partial charge in [0, 0.05) is 11.6 Å². The van der Waals surface area contributed by atoms with E-state index in [4.69, 9.17) is 9.47 Å². The molecule has 2 aromatic heterocycles. The number of amides is 1. The summed E-state index contributed by atoms with van der Waals surface area (Å²) in [5.41, 5.74) is 0.768. The average Bonchev–Trinajstić information content (AvgIpc) is 3.00. The number of nitrogens with zero attached hydrogens (tertiary/aromatic N) is 2. The van der Waals surface area contributed by atoms with Crippen LogP contribution in [0.25, 0.3) is 10.7 Å². The van der Waals surface area contributed by atoms with Crippen molar-refractivity contribution in [3.63, 3.8) is 0 Å². The fourth-order valence-electron chi connectivity index (χ4n) is 1.79. The van der Waals surface area contributed by atoms with Gasteiger partial charge in [-0.05, 0) is 39.8 Å². The van der Waals surface area contributed by atoms with Gasteiger partial charge in [0.25, 0.3) is 0 Å². The molecule has 0 unspecified atom stereocenters. The van der Waals surface area contributed by atoms with Crippen molar-refractivity contribution in [2.75, 3.05) is 0 Å². The van der Waals surface area contributed by atoms with Gasteiger partial charge < -0.3 is 14.8 Å². The fraction of sp³-hybridized carbons (Fsp3) is 0.412. The van der Waals surface area contributed by atoms with Gasteiger partial charge in [-0.3, -0.25) is 4.98 Å². The number of aromatic nitrogens is 2. The van der Waals surface area contributed by atoms with Crippen LogP contribution in [0.5, 0.6) is 0 Å². The first-order chi connectivity index (χ1) is 11.7. The number of ether oxygens (including phenoxy) is 2. The molecule has 2 rings (SSSR count). The van der Waals surface area contributed by atoms with Gasteiger partial charge in [0.15, 0.2) is 0 Å². The Balaban J connectivity index is 1.84. The van der Waals surface area contributed by atoms with E-state index in [2.05, 4.69) is 15.3 Å². The molecule has 7 nitrogen and oxygen atoms in total. The Labute approximate surface area is 150 Å². The van der Waals surface area contributed by atoms with Crippen LogP contribution in [0, 0.1) is 0 Å². The summed E-state index contributed by atoms with van der Waals surface area (Å²) < 4.78 is 10.3. The standard InChI is InChI=1S/C17H21N3O4S/c1-11(19-16(22)24-17(2,3)4)15(21)23-9-12-10-25-14(20-12)13-7-5-6-8-18-13/h5-8,10-11H,9H2,1-4H3,(H,19,22)/t11-/m0/s1. The van der Waals surface area contributed by atoms with Crippen LogP contribution in [-0.2, 0) is 20.9 Å². The first-order valence-corrected chi connectivity index (χ1v) is 8.64. The van der Waals surface area contributed by atoms with Crippen molar-refractivity contribution in [1.29, 1.82) is 0 Å². The van der Waals surface area contributed by atoms with Crippen molar-refractivity contribution in [2.45, 2.75) is 45.9 Å². The van der Waals surface area contributed by atoms with E-state index >= 15 is 0 Å². The highest BCUT2D eigenvalue weighted by molar-refractivity contribution is 7.13. The van der Waals surface area contributed by atoms with Crippen molar-refractivity contribution in [2.24, 2.45) is 0 Å². The van der Waals surface area contributed by atoms with E-state index in [1.54, 1.807) is 27.0 Å². The minimum Gasteiger partial charge on any atom is -0.458 e. The van der Waals surface area contributed by atoms with Crippen molar-refractivity contribution < 1.29 is 19.1 Å². The zero-order valence-corrected chi connectivity index (χ0v) is 15.4. The lowest BCUT2D eigenvalue weighted by Crippen LogP contribution is -2.42. The van der Waals surface area contributed by atoms with Crippen LogP contribution in [0.15, 0.2) is 29.8 Å². The number of esters is 1. The maximum absolute atomic E-state index is 12.0. The molecule has 25 heavy (non-hydrogen) atoms. The van der Waals surface area contributed by atoms with Gasteiger partial charge in [-0.2, -0.15) is 0 Å². The quantitative estimate of drug-likeness (QED) is 0.821. The van der Waals surface area contributed by atoms with E-state index < -0.39 is 23.7 Å². The smallest absolute Gasteiger partial charge is 0.408 e. The van der Waals surface area contributed by atoms with E-state index in [9.17, 15) is 9.59 Å². The molecule has 2 heterocycles. The SMILES string of the molecule is C[C@H](NC(=O)OC(C)(C)C)C(=O)OCc1csc(-c2ccccn2)n1. The van der Waals surface area contributed by atoms with Gasteiger partial charge in [0.1, 0.15) is 23.3 Å². The van der Waals surface area contributed by atoms with E-state index in [0.717, 1.165) is 10.7 Å². The molecular weight excluding hydrogens is 342 g/mol. The highest BCUT2D eigenvalue weighted by atomic mass is 32.1. The van der Waals surface area contributed by atoms with Crippen LogP contribution in [-0.4, -0.2) is 33.7 Å². The third kappa shape index (κ3) is 6.15. The first-order valence-electron chi connectivity index (χ1n) is 7.76. The highest BCUT2D eigenvalue weighted by Gasteiger charge is 2.22. The number of pyridine rings is 1. The molecule has 0 aliphatic carbocycles. The topological polar surface area (TPSA) is 90.4 Å². The van der Waals surface area contributed by atoms with Crippen LogP contribution in [0.1, 0.15) is 33.4 Å². The van der Waals surface area contributed by atoms with E-state index in [0.29, 0.717) is 5.69 Å². The second-order valence-electron chi connectivity index (χ2n) is 6.33. The lowest BCUT2D eigenvalue weighted by atomic mass is 10.2. The second kappa shape index (κ2) is 8.06. The summed E-state index contributed by atoms with van der Waals surface area (Å²) in [5.74, 6) is -0.557. The van der Waals surface area contributed by atoms with E-state index in [1.807, 2.05) is 23.6 Å². The van der Waals surface area contributed by atoms with Crippen molar-refractivity contribution in [3.05, 3.63) is 35.5 Å². The van der Waals surface area contributed by atoms with Gasteiger partial charge in [-0.1, -0.05) is 6.07 Å². The number of carbonyl (C=O) groups is 2. The molecule has 2 aromatic rings. The normalized spacial score (nSPS) is 12.3. The molecule has 0 bridgehead atoms. The van der Waals surface area contributed by atoms with Crippen LogP contribution in [0.3, 0.4) is 0 Å². The maximum Gasteiger partial charge on any atom is 0.408 e. The van der Waals surface area contributed by atoms with Gasteiger partial charge in [0.05, 0.1) is 11.4 Å². The average molecular weight is 363 g/mol. The van der Waals surface area contributed by atoms with Gasteiger partial charge >= 0.3 is 12.1 Å². The molecule has 134 valence electrons. The Morgan fingerprint density at radius 2 is 2.08 bits per heavy atom. The number of hydrogen-bond donors (Lipinski definition) is 1. The molecule has 0 aliphatic heterocycles. The van der Waals surface area contributed by atoms with Gasteiger partial charge in [-0.25, -0.2) is 14.6 Å². The molecule has 0 saturated heterocycles. The van der Waals surface area contributed by atoms with Crippen LogP contribution in [0.4, 0.5) is 4.79 Å². The Morgan fingerprint density at radius 3 is 2.72 bits per heavy atom. The summed E-state index contributed by atoms with van der Waals surface area (Å²) in [6, 6.07) is 4.76. The molecule has 0 saturated carbocycles. The molecule has 0 aliphatic rings. The highest BCUT2D eigenvalue weighted by Crippen LogP contribution is 2.21. The zero-order valence-electron chi connectivity index (χ0n) is 14.6. The fourth-order valence-corrected chi connectivity index (χ4v) is 2.57. The summed E-state index contributed by atoms with van der Waals surface area (Å²) in [6.45, 7) is 6.81. The monoisotopic (exact) mass is 363 g/mol. The molecule has 0 spiro atoms. The first kappa shape index (κ1) is 18.9. The van der Waals surface area contributed by atoms with Gasteiger partial charge in [0.2, 0.25) is 0 Å². The second-order valence-corrected chi connectivity index (χ2v) is 7.19. The maximum atomic E-state index is 12.0. The number of rotatable bonds is 5. The Kier molecular flexibility index (Phi) is 6.08. The molecule has 0 fully saturated rings. The predicted molar refractivity (Wildman–Crippen MR) is 94.0 cm³/mol. The largest absolute Gasteiger partial charge is 0.458 e. The Bertz CT molecular complexity index is 725. The van der Waals surface area contributed by atoms with Crippen molar-refractivity contribution >= 4 is 23.4 Å². The van der Waals surface area contributed by atoms with Crippen molar-refractivity contribution in [1.82, 2.24) is 15.3 Å². The lowest BCUT2D eigenvalue weighted by Gasteiger charge is -2.21. The Hall–Kier alpha value is -2.48. The third-order valence-electron chi connectivity index (χ3n) is 2.88. The molecule has 1 amide bonds. The summed E-state index contributed by atoms with van der Waals surface area (Å²) in [6.07, 6.45) is 1.03. The molecule has 1 atom stereocenters. The minimum atomic E-state index is -0.816. The van der Waals surface area contributed by atoms with Crippen molar-refractivity contribution in [3.8, 4) is 10.7 Å². The molecule has 1 N–H and O–H groups in total. The number of alkyl carbamates (subject to hydrolysis) is 1. The van der Waals surface area contributed by atoms with Crippen LogP contribution < -0.4 is 5.32 Å². The predicted octanol–water partition coefficient (Wildman–Crippen LogP) is 3.16. The third-order valence-corrected chi connectivity index (χ3v) is 3.80. The molecule has 0 aromatic carbocycles. The van der Waals surface area contributed by atoms with Gasteiger partial charge in [-0.15, -0.1) is 11.3 Å². The lowest BCUT2D eigenvalue weighted by molar-refractivity contribution is -0.147. The number of nitrogens with one attached hydrogen (secondary N) is 1. The number of thiazole rings is 1. The molecular formula is C17H21N3O4S. The zero-order chi connectivity index (χ0) is 18.4. The molecule has 8 heteroatoms. The van der Waals surface area contributed by atoms with Crippen LogP contribution in [0.2, 0.25) is 0 Å². The van der Waals surface area contributed by atoms with E-state index in [1.165, 1.54) is 18.3 Å². The summed E-state index contributed by atoms with van der Waals surface area (Å²) in [7, 11) is 0. The molecule has 0 radical (unpaired) electrons. The number of hydrogen-bond acceptors (Lipinski definition) is 7. The van der Waals surface area contributed by atoms with Crippen LogP contribution >= 0.6 is 11.3 Å².